The van der Waals surface area contributed by atoms with Crippen LogP contribution in [0, 0.1) is 0 Å². The van der Waals surface area contributed by atoms with E-state index in [2.05, 4.69) is 4.98 Å². The van der Waals surface area contributed by atoms with Gasteiger partial charge in [-0.25, -0.2) is 4.98 Å². The molecule has 0 radical (unpaired) electrons. The van der Waals surface area contributed by atoms with Crippen molar-refractivity contribution in [1.29, 1.82) is 0 Å². The molecule has 2 heterocycles. The fourth-order valence-electron chi connectivity index (χ4n) is 1.90. The number of hydrogen-bond acceptors (Lipinski definition) is 3. The largest absolute Gasteiger partial charge is 0.349 e. The van der Waals surface area contributed by atoms with E-state index in [9.17, 15) is 12.3 Å². The summed E-state index contributed by atoms with van der Waals surface area (Å²) in [7, 11) is -4.63. The van der Waals surface area contributed by atoms with Gasteiger partial charge in [-0.15, -0.1) is 0 Å². The molecule has 78 valence electrons. The Hall–Kier alpha value is -0.910. The summed E-state index contributed by atoms with van der Waals surface area (Å²) < 4.78 is 35.9. The summed E-state index contributed by atoms with van der Waals surface area (Å²) in [6.45, 7) is 1.87. The van der Waals surface area contributed by atoms with Crippen molar-refractivity contribution >= 4 is 10.2 Å². The first kappa shape index (κ1) is 9.64. The highest BCUT2D eigenvalue weighted by Crippen LogP contribution is 2.28. The van der Waals surface area contributed by atoms with Crippen LogP contribution < -0.4 is 0 Å². The van der Waals surface area contributed by atoms with Crippen LogP contribution in [-0.2, 0) is 16.6 Å². The maximum absolute atomic E-state index is 12.8. The van der Waals surface area contributed by atoms with Crippen molar-refractivity contribution in [2.45, 2.75) is 37.3 Å². The first-order chi connectivity index (χ1) is 6.50. The molecule has 0 aliphatic carbocycles. The molecule has 0 fully saturated rings. The number of imidazole rings is 1. The van der Waals surface area contributed by atoms with E-state index in [4.69, 9.17) is 0 Å². The van der Waals surface area contributed by atoms with Gasteiger partial charge < -0.3 is 4.57 Å². The molecule has 0 N–H and O–H groups in total. The molecule has 0 amide bonds. The summed E-state index contributed by atoms with van der Waals surface area (Å²) in [6, 6.07) is 0.0155. The second kappa shape index (κ2) is 3.05. The molecule has 1 aliphatic heterocycles. The molecule has 1 aromatic heterocycles. The minimum atomic E-state index is -4.63. The summed E-state index contributed by atoms with van der Waals surface area (Å²) in [5.74, 6) is 0.667. The highest BCUT2D eigenvalue weighted by molar-refractivity contribution is 7.86. The maximum atomic E-state index is 12.8. The molecule has 14 heavy (non-hydrogen) atoms. The minimum absolute atomic E-state index is 0.0155. The van der Waals surface area contributed by atoms with Crippen LogP contribution in [0.1, 0.15) is 31.6 Å². The molecule has 0 aromatic carbocycles. The zero-order valence-electron chi connectivity index (χ0n) is 7.77. The molecule has 1 atom stereocenters. The van der Waals surface area contributed by atoms with E-state index in [1.165, 1.54) is 4.57 Å². The van der Waals surface area contributed by atoms with Gasteiger partial charge in [0.15, 0.2) is 5.03 Å². The first-order valence-corrected chi connectivity index (χ1v) is 5.89. The Balaban J connectivity index is 2.60. The SMILES string of the molecule is CC1CCCc2ncc(S(=O)(=O)F)n21. The zero-order chi connectivity index (χ0) is 10.3. The molecule has 4 nitrogen and oxygen atoms in total. The van der Waals surface area contributed by atoms with Gasteiger partial charge in [-0.3, -0.25) is 0 Å². The molecule has 0 bridgehead atoms. The Bertz CT molecular complexity index is 452. The van der Waals surface area contributed by atoms with Gasteiger partial charge in [-0.2, -0.15) is 8.42 Å². The van der Waals surface area contributed by atoms with E-state index in [0.717, 1.165) is 25.5 Å². The van der Waals surface area contributed by atoms with Crippen molar-refractivity contribution < 1.29 is 12.3 Å². The van der Waals surface area contributed by atoms with Gasteiger partial charge >= 0.3 is 10.2 Å². The van der Waals surface area contributed by atoms with Crippen molar-refractivity contribution in [3.63, 3.8) is 0 Å². The Kier molecular flexibility index (Phi) is 2.10. The third-order valence-corrected chi connectivity index (χ3v) is 3.35. The number of halogens is 1. The summed E-state index contributed by atoms with van der Waals surface area (Å²) in [5, 5.41) is -0.306. The first-order valence-electron chi connectivity index (χ1n) is 4.51. The Labute approximate surface area is 82.0 Å². The number of aryl methyl sites for hydroxylation is 1. The van der Waals surface area contributed by atoms with Crippen LogP contribution in [-0.4, -0.2) is 18.0 Å². The van der Waals surface area contributed by atoms with Crippen LogP contribution in [0.4, 0.5) is 3.89 Å². The highest BCUT2D eigenvalue weighted by Gasteiger charge is 2.26. The maximum Gasteiger partial charge on any atom is 0.349 e. The molecule has 1 aliphatic rings. The van der Waals surface area contributed by atoms with Gasteiger partial charge in [0.2, 0.25) is 0 Å². The van der Waals surface area contributed by atoms with Crippen molar-refractivity contribution in [2.24, 2.45) is 0 Å². The van der Waals surface area contributed by atoms with Gasteiger partial charge in [-0.1, -0.05) is 3.89 Å². The number of fused-ring (bicyclic) bond motifs is 1. The number of hydrogen-bond donors (Lipinski definition) is 0. The highest BCUT2D eigenvalue weighted by atomic mass is 32.3. The summed E-state index contributed by atoms with van der Waals surface area (Å²) in [6.07, 6.45) is 3.67. The monoisotopic (exact) mass is 218 g/mol. The number of nitrogens with zero attached hydrogens (tertiary/aromatic N) is 2. The third kappa shape index (κ3) is 1.43. The van der Waals surface area contributed by atoms with E-state index in [-0.39, 0.29) is 11.1 Å². The van der Waals surface area contributed by atoms with Crippen molar-refractivity contribution in [1.82, 2.24) is 9.55 Å². The van der Waals surface area contributed by atoms with E-state index < -0.39 is 10.2 Å². The van der Waals surface area contributed by atoms with E-state index >= 15 is 0 Å². The van der Waals surface area contributed by atoms with Crippen LogP contribution >= 0.6 is 0 Å². The van der Waals surface area contributed by atoms with E-state index in [1.807, 2.05) is 6.92 Å². The second-order valence-electron chi connectivity index (χ2n) is 3.56. The predicted molar refractivity (Wildman–Crippen MR) is 48.2 cm³/mol. The van der Waals surface area contributed by atoms with Crippen molar-refractivity contribution in [3.05, 3.63) is 12.0 Å². The summed E-state index contributed by atoms with van der Waals surface area (Å²) in [5.41, 5.74) is 0. The third-order valence-electron chi connectivity index (χ3n) is 2.55. The molecule has 0 saturated heterocycles. The molecule has 2 rings (SSSR count). The second-order valence-corrected chi connectivity index (χ2v) is 4.86. The average molecular weight is 218 g/mol. The molecular formula is C8H11FN2O2S. The molecule has 0 spiro atoms. The smallest absolute Gasteiger partial charge is 0.314 e. The minimum Gasteiger partial charge on any atom is -0.314 e. The van der Waals surface area contributed by atoms with Crippen LogP contribution in [0.2, 0.25) is 0 Å². The molecule has 6 heteroatoms. The van der Waals surface area contributed by atoms with Gasteiger partial charge in [-0.05, 0) is 19.8 Å². The molecule has 0 saturated carbocycles. The molecule has 1 aromatic rings. The fourth-order valence-corrected chi connectivity index (χ4v) is 2.60. The van der Waals surface area contributed by atoms with Gasteiger partial charge in [0, 0.05) is 12.5 Å². The van der Waals surface area contributed by atoms with Crippen LogP contribution in [0.15, 0.2) is 11.2 Å². The lowest BCUT2D eigenvalue weighted by molar-refractivity contribution is 0.395. The molecule has 1 unspecified atom stereocenters. The lowest BCUT2D eigenvalue weighted by atomic mass is 10.1. The fraction of sp³-hybridized carbons (Fsp3) is 0.625. The quantitative estimate of drug-likeness (QED) is 0.670. The van der Waals surface area contributed by atoms with Gasteiger partial charge in [0.05, 0.1) is 6.20 Å². The van der Waals surface area contributed by atoms with Gasteiger partial charge in [0.1, 0.15) is 5.82 Å². The zero-order valence-corrected chi connectivity index (χ0v) is 8.59. The van der Waals surface area contributed by atoms with Crippen molar-refractivity contribution in [3.8, 4) is 0 Å². The standard InChI is InChI=1S/C8H11FN2O2S/c1-6-3-2-4-7-10-5-8(11(6)7)14(9,12)13/h5-6H,2-4H2,1H3. The average Bonchev–Trinajstić information content (AvgIpc) is 2.47. The lowest BCUT2D eigenvalue weighted by Gasteiger charge is -2.22. The Morgan fingerprint density at radius 2 is 2.36 bits per heavy atom. The van der Waals surface area contributed by atoms with Crippen molar-refractivity contribution in [2.75, 3.05) is 0 Å². The van der Waals surface area contributed by atoms with Crippen LogP contribution in [0.5, 0.6) is 0 Å². The number of rotatable bonds is 1. The Morgan fingerprint density at radius 3 is 3.00 bits per heavy atom. The summed E-state index contributed by atoms with van der Waals surface area (Å²) >= 11 is 0. The van der Waals surface area contributed by atoms with E-state index in [0.29, 0.717) is 5.82 Å². The topological polar surface area (TPSA) is 52.0 Å². The normalized spacial score (nSPS) is 22.0. The van der Waals surface area contributed by atoms with Crippen LogP contribution in [0.3, 0.4) is 0 Å². The lowest BCUT2D eigenvalue weighted by Crippen LogP contribution is -2.18. The summed E-state index contributed by atoms with van der Waals surface area (Å²) in [4.78, 5) is 3.92. The predicted octanol–water partition coefficient (Wildman–Crippen LogP) is 1.44. The van der Waals surface area contributed by atoms with E-state index in [1.54, 1.807) is 0 Å². The van der Waals surface area contributed by atoms with Crippen LogP contribution in [0.25, 0.3) is 0 Å². The number of aromatic nitrogens is 2. The Morgan fingerprint density at radius 1 is 1.64 bits per heavy atom. The van der Waals surface area contributed by atoms with Gasteiger partial charge in [0.25, 0.3) is 0 Å². The molecular weight excluding hydrogens is 207 g/mol.